The minimum absolute atomic E-state index is 0.116. The van der Waals surface area contributed by atoms with Gasteiger partial charge >= 0.3 is 6.18 Å². The standard InChI is InChI=1S/C19H19F3N2O2/c1-12-6-5-7-13(2)17(12)26-11-14(25)10-24-16-9-4-3-8-15(16)23-18(24)19(20,21)22/h3-9,14,25H,10-11H2,1-2H3. The number of ether oxygens (including phenoxy) is 1. The number of fused-ring (bicyclic) bond motifs is 1. The molecule has 0 radical (unpaired) electrons. The molecule has 26 heavy (non-hydrogen) atoms. The molecule has 138 valence electrons. The normalized spacial score (nSPS) is 13.2. The van der Waals surface area contributed by atoms with Gasteiger partial charge in [0.2, 0.25) is 5.82 Å². The number of imidazole rings is 1. The lowest BCUT2D eigenvalue weighted by Crippen LogP contribution is -2.26. The molecule has 4 nitrogen and oxygen atoms in total. The second kappa shape index (κ2) is 6.99. The van der Waals surface area contributed by atoms with Crippen LogP contribution in [0.5, 0.6) is 5.75 Å². The quantitative estimate of drug-likeness (QED) is 0.741. The van der Waals surface area contributed by atoms with Crippen LogP contribution < -0.4 is 4.74 Å². The number of rotatable bonds is 5. The average Bonchev–Trinajstić information content (AvgIpc) is 2.93. The molecule has 0 fully saturated rings. The molecule has 1 aromatic heterocycles. The summed E-state index contributed by atoms with van der Waals surface area (Å²) in [6.07, 6.45) is -5.72. The zero-order valence-corrected chi connectivity index (χ0v) is 14.4. The van der Waals surface area contributed by atoms with Gasteiger partial charge in [0.1, 0.15) is 18.5 Å². The molecule has 0 saturated carbocycles. The van der Waals surface area contributed by atoms with E-state index in [9.17, 15) is 18.3 Å². The lowest BCUT2D eigenvalue weighted by Gasteiger charge is -2.18. The Labute approximate surface area is 148 Å². The number of nitrogens with zero attached hydrogens (tertiary/aromatic N) is 2. The summed E-state index contributed by atoms with van der Waals surface area (Å²) >= 11 is 0. The lowest BCUT2D eigenvalue weighted by atomic mass is 10.1. The fraction of sp³-hybridized carbons (Fsp3) is 0.316. The largest absolute Gasteiger partial charge is 0.490 e. The molecule has 0 aliphatic rings. The summed E-state index contributed by atoms with van der Waals surface area (Å²) in [5.41, 5.74) is 2.37. The number of alkyl halides is 3. The first-order valence-electron chi connectivity index (χ1n) is 8.17. The van der Waals surface area contributed by atoms with Crippen LogP contribution in [0.1, 0.15) is 17.0 Å². The Bertz CT molecular complexity index is 899. The van der Waals surface area contributed by atoms with Crippen molar-refractivity contribution in [3.8, 4) is 5.75 Å². The zero-order valence-electron chi connectivity index (χ0n) is 14.4. The molecule has 0 amide bonds. The average molecular weight is 364 g/mol. The highest BCUT2D eigenvalue weighted by Gasteiger charge is 2.37. The van der Waals surface area contributed by atoms with E-state index < -0.39 is 18.1 Å². The van der Waals surface area contributed by atoms with Crippen molar-refractivity contribution >= 4 is 11.0 Å². The molecule has 0 bridgehead atoms. The third-order valence-corrected chi connectivity index (χ3v) is 4.13. The summed E-state index contributed by atoms with van der Waals surface area (Å²) in [5, 5.41) is 10.3. The Balaban J connectivity index is 1.82. The Morgan fingerprint density at radius 2 is 1.73 bits per heavy atom. The van der Waals surface area contributed by atoms with Gasteiger partial charge in [-0.25, -0.2) is 4.98 Å². The van der Waals surface area contributed by atoms with Gasteiger partial charge < -0.3 is 14.4 Å². The van der Waals surface area contributed by atoms with E-state index >= 15 is 0 Å². The van der Waals surface area contributed by atoms with E-state index in [2.05, 4.69) is 4.98 Å². The summed E-state index contributed by atoms with van der Waals surface area (Å²) in [4.78, 5) is 3.67. The maximum absolute atomic E-state index is 13.3. The van der Waals surface area contributed by atoms with Gasteiger partial charge in [-0.3, -0.25) is 0 Å². The molecule has 1 unspecified atom stereocenters. The molecular weight excluding hydrogens is 345 g/mol. The van der Waals surface area contributed by atoms with Crippen molar-refractivity contribution in [1.29, 1.82) is 0 Å². The van der Waals surface area contributed by atoms with Crippen LogP contribution in [0.3, 0.4) is 0 Å². The van der Waals surface area contributed by atoms with E-state index in [1.165, 1.54) is 6.07 Å². The van der Waals surface area contributed by atoms with E-state index in [0.29, 0.717) is 11.3 Å². The van der Waals surface area contributed by atoms with Crippen LogP contribution in [-0.4, -0.2) is 27.4 Å². The van der Waals surface area contributed by atoms with E-state index in [1.807, 2.05) is 32.0 Å². The van der Waals surface area contributed by atoms with Gasteiger partial charge in [0, 0.05) is 0 Å². The number of hydrogen-bond acceptors (Lipinski definition) is 3. The monoisotopic (exact) mass is 364 g/mol. The molecular formula is C19H19F3N2O2. The van der Waals surface area contributed by atoms with Gasteiger partial charge in [0.25, 0.3) is 0 Å². The molecule has 0 saturated heterocycles. The van der Waals surface area contributed by atoms with E-state index in [-0.39, 0.29) is 18.7 Å². The molecule has 1 N–H and O–H groups in total. The van der Waals surface area contributed by atoms with Gasteiger partial charge in [-0.1, -0.05) is 30.3 Å². The predicted molar refractivity (Wildman–Crippen MR) is 92.2 cm³/mol. The smallest absolute Gasteiger partial charge is 0.449 e. The lowest BCUT2D eigenvalue weighted by molar-refractivity contribution is -0.147. The maximum Gasteiger partial charge on any atom is 0.449 e. The SMILES string of the molecule is Cc1cccc(C)c1OCC(O)Cn1c(C(F)(F)F)nc2ccccc21. The Kier molecular flexibility index (Phi) is 4.91. The van der Waals surface area contributed by atoms with Crippen LogP contribution in [-0.2, 0) is 12.7 Å². The first kappa shape index (κ1) is 18.3. The minimum Gasteiger partial charge on any atom is -0.490 e. The third kappa shape index (κ3) is 3.67. The van der Waals surface area contributed by atoms with Crippen molar-refractivity contribution < 1.29 is 23.0 Å². The molecule has 7 heteroatoms. The minimum atomic E-state index is -4.60. The summed E-state index contributed by atoms with van der Waals surface area (Å²) in [7, 11) is 0. The second-order valence-corrected chi connectivity index (χ2v) is 6.22. The Morgan fingerprint density at radius 1 is 1.08 bits per heavy atom. The first-order valence-corrected chi connectivity index (χ1v) is 8.17. The number of hydrogen-bond donors (Lipinski definition) is 1. The summed E-state index contributed by atoms with van der Waals surface area (Å²) in [6, 6.07) is 12.0. The van der Waals surface area contributed by atoms with Gasteiger partial charge in [0.05, 0.1) is 17.6 Å². The number of aryl methyl sites for hydroxylation is 2. The molecule has 0 aliphatic carbocycles. The highest BCUT2D eigenvalue weighted by Crippen LogP contribution is 2.31. The third-order valence-electron chi connectivity index (χ3n) is 4.13. The summed E-state index contributed by atoms with van der Waals surface area (Å²) in [6.45, 7) is 3.37. The van der Waals surface area contributed by atoms with Crippen LogP contribution in [0.2, 0.25) is 0 Å². The van der Waals surface area contributed by atoms with E-state index in [0.717, 1.165) is 15.7 Å². The van der Waals surface area contributed by atoms with Crippen LogP contribution in [0, 0.1) is 13.8 Å². The summed E-state index contributed by atoms with van der Waals surface area (Å²) in [5.74, 6) is -0.386. The highest BCUT2D eigenvalue weighted by atomic mass is 19.4. The zero-order chi connectivity index (χ0) is 18.9. The van der Waals surface area contributed by atoms with Crippen LogP contribution in [0.4, 0.5) is 13.2 Å². The number of halogens is 3. The van der Waals surface area contributed by atoms with Crippen molar-refractivity contribution in [2.24, 2.45) is 0 Å². The molecule has 0 spiro atoms. The molecule has 1 heterocycles. The Morgan fingerprint density at radius 3 is 2.38 bits per heavy atom. The summed E-state index contributed by atoms with van der Waals surface area (Å²) < 4.78 is 46.5. The number of aliphatic hydroxyl groups is 1. The topological polar surface area (TPSA) is 47.3 Å². The van der Waals surface area contributed by atoms with Gasteiger partial charge in [-0.15, -0.1) is 0 Å². The molecule has 2 aromatic carbocycles. The van der Waals surface area contributed by atoms with Crippen LogP contribution in [0.25, 0.3) is 11.0 Å². The van der Waals surface area contributed by atoms with Gasteiger partial charge in [-0.2, -0.15) is 13.2 Å². The van der Waals surface area contributed by atoms with Crippen LogP contribution in [0.15, 0.2) is 42.5 Å². The fourth-order valence-electron chi connectivity index (χ4n) is 2.95. The van der Waals surface area contributed by atoms with Crippen molar-refractivity contribution in [3.05, 3.63) is 59.4 Å². The number of para-hydroxylation sites is 3. The molecule has 3 rings (SSSR count). The fourth-order valence-corrected chi connectivity index (χ4v) is 2.95. The van der Waals surface area contributed by atoms with E-state index in [4.69, 9.17) is 4.74 Å². The second-order valence-electron chi connectivity index (χ2n) is 6.22. The highest BCUT2D eigenvalue weighted by molar-refractivity contribution is 5.76. The number of benzene rings is 2. The van der Waals surface area contributed by atoms with Crippen molar-refractivity contribution in [1.82, 2.24) is 9.55 Å². The van der Waals surface area contributed by atoms with Crippen molar-refractivity contribution in [2.75, 3.05) is 6.61 Å². The van der Waals surface area contributed by atoms with Crippen LogP contribution >= 0.6 is 0 Å². The maximum atomic E-state index is 13.3. The molecule has 3 aromatic rings. The molecule has 1 atom stereocenters. The number of aromatic nitrogens is 2. The van der Waals surface area contributed by atoms with Gasteiger partial charge in [0.15, 0.2) is 0 Å². The Hall–Kier alpha value is -2.54. The van der Waals surface area contributed by atoms with Crippen molar-refractivity contribution in [2.45, 2.75) is 32.7 Å². The van der Waals surface area contributed by atoms with Gasteiger partial charge in [-0.05, 0) is 37.1 Å². The van der Waals surface area contributed by atoms with E-state index in [1.54, 1.807) is 18.2 Å². The predicted octanol–water partition coefficient (Wildman–Crippen LogP) is 4.11. The first-order chi connectivity index (χ1) is 12.3. The molecule has 0 aliphatic heterocycles. The number of aliphatic hydroxyl groups excluding tert-OH is 1. The van der Waals surface area contributed by atoms with Crippen molar-refractivity contribution in [3.63, 3.8) is 0 Å².